The van der Waals surface area contributed by atoms with Crippen molar-refractivity contribution in [3.05, 3.63) is 34.4 Å². The number of hydrogen-bond donors (Lipinski definition) is 2. The van der Waals surface area contributed by atoms with E-state index >= 15 is 0 Å². The highest BCUT2D eigenvalue weighted by atomic mass is 16.6. The Morgan fingerprint density at radius 3 is 2.00 bits per heavy atom. The minimum Gasteiger partial charge on any atom is -0.326 e. The molecule has 2 aliphatic rings. The van der Waals surface area contributed by atoms with Crippen molar-refractivity contribution in [2.45, 2.75) is 40.0 Å². The number of rotatable bonds is 3. The normalized spacial score (nSPS) is 33.3. The Morgan fingerprint density at radius 1 is 1.04 bits per heavy atom. The van der Waals surface area contributed by atoms with Crippen LogP contribution in [0, 0.1) is 26.4 Å². The second-order valence-electron chi connectivity index (χ2n) is 8.25. The van der Waals surface area contributed by atoms with E-state index in [-0.39, 0.29) is 23.4 Å². The number of nitro benzene ring substituents is 1. The number of piperidine rings is 1. The summed E-state index contributed by atoms with van der Waals surface area (Å²) in [5, 5.41) is 15.9. The lowest BCUT2D eigenvalue weighted by Crippen LogP contribution is -2.63. The topological polar surface area (TPSA) is 118 Å². The predicted octanol–water partition coefficient (Wildman–Crippen LogP) is 2.39. The lowest BCUT2D eigenvalue weighted by molar-refractivity contribution is -0.384. The van der Waals surface area contributed by atoms with E-state index in [1.807, 2.05) is 0 Å². The van der Waals surface area contributed by atoms with Gasteiger partial charge in [-0.1, -0.05) is 20.8 Å². The number of amides is 3. The van der Waals surface area contributed by atoms with Gasteiger partial charge in [-0.05, 0) is 31.4 Å². The molecule has 1 saturated carbocycles. The quantitative estimate of drug-likeness (QED) is 0.488. The Balaban J connectivity index is 1.85. The third-order valence-electron chi connectivity index (χ3n) is 5.55. The molecule has 0 spiro atoms. The zero-order chi connectivity index (χ0) is 19.3. The lowest BCUT2D eigenvalue weighted by atomic mass is 9.52. The Kier molecular flexibility index (Phi) is 3.90. The average molecular weight is 359 g/mol. The van der Waals surface area contributed by atoms with Crippen LogP contribution in [0.15, 0.2) is 24.3 Å². The van der Waals surface area contributed by atoms with E-state index in [0.717, 1.165) is 0 Å². The summed E-state index contributed by atoms with van der Waals surface area (Å²) < 4.78 is 0. The molecule has 138 valence electrons. The first-order chi connectivity index (χ1) is 12.0. The van der Waals surface area contributed by atoms with Crippen LogP contribution in [0.2, 0.25) is 0 Å². The number of fused-ring (bicyclic) bond motifs is 2. The zero-order valence-electron chi connectivity index (χ0n) is 14.9. The number of benzene rings is 1. The molecule has 8 nitrogen and oxygen atoms in total. The van der Waals surface area contributed by atoms with Crippen molar-refractivity contribution in [1.29, 1.82) is 0 Å². The van der Waals surface area contributed by atoms with E-state index in [4.69, 9.17) is 0 Å². The summed E-state index contributed by atoms with van der Waals surface area (Å²) in [7, 11) is 0. The summed E-state index contributed by atoms with van der Waals surface area (Å²) in [5.41, 5.74) is -2.12. The summed E-state index contributed by atoms with van der Waals surface area (Å²) >= 11 is 0. The van der Waals surface area contributed by atoms with Crippen molar-refractivity contribution < 1.29 is 19.3 Å². The Labute approximate surface area is 150 Å². The summed E-state index contributed by atoms with van der Waals surface area (Å²) in [6.45, 7) is 5.32. The van der Waals surface area contributed by atoms with Gasteiger partial charge in [-0.15, -0.1) is 0 Å². The Morgan fingerprint density at radius 2 is 1.54 bits per heavy atom. The molecule has 1 aromatic carbocycles. The van der Waals surface area contributed by atoms with E-state index in [0.29, 0.717) is 24.9 Å². The van der Waals surface area contributed by atoms with Crippen molar-refractivity contribution in [3.63, 3.8) is 0 Å². The molecular formula is C18H21N3O5. The summed E-state index contributed by atoms with van der Waals surface area (Å²) in [5.74, 6) is -0.978. The van der Waals surface area contributed by atoms with Crippen LogP contribution < -0.4 is 10.6 Å². The molecule has 1 aromatic rings. The fourth-order valence-electron chi connectivity index (χ4n) is 4.61. The molecule has 1 aliphatic carbocycles. The van der Waals surface area contributed by atoms with Crippen LogP contribution >= 0.6 is 0 Å². The van der Waals surface area contributed by atoms with Crippen molar-refractivity contribution >= 4 is 29.1 Å². The molecule has 2 fully saturated rings. The van der Waals surface area contributed by atoms with Crippen molar-refractivity contribution in [2.24, 2.45) is 16.2 Å². The highest BCUT2D eigenvalue weighted by Gasteiger charge is 2.60. The second kappa shape index (κ2) is 5.62. The van der Waals surface area contributed by atoms with Gasteiger partial charge in [0.1, 0.15) is 0 Å². The highest BCUT2D eigenvalue weighted by molar-refractivity contribution is 6.05. The van der Waals surface area contributed by atoms with E-state index in [9.17, 15) is 24.5 Å². The number of anilines is 1. The Bertz CT molecular complexity index is 791. The predicted molar refractivity (Wildman–Crippen MR) is 93.0 cm³/mol. The number of nitrogens with zero attached hydrogens (tertiary/aromatic N) is 1. The van der Waals surface area contributed by atoms with Crippen LogP contribution in [-0.2, 0) is 14.4 Å². The molecule has 2 atom stereocenters. The first kappa shape index (κ1) is 18.0. The maximum Gasteiger partial charge on any atom is 0.269 e. The van der Waals surface area contributed by atoms with Gasteiger partial charge in [0.2, 0.25) is 17.7 Å². The molecule has 1 aliphatic heterocycles. The molecule has 0 radical (unpaired) electrons. The molecule has 0 aromatic heterocycles. The molecule has 3 rings (SSSR count). The van der Waals surface area contributed by atoms with Gasteiger partial charge < -0.3 is 5.32 Å². The SMILES string of the molecule is CC12CC(C)(CC(C)(C(=O)Nc3ccc([N+](=O)[O-])cc3)C1)C(=O)NC2=O. The van der Waals surface area contributed by atoms with Crippen molar-refractivity contribution in [3.8, 4) is 0 Å². The van der Waals surface area contributed by atoms with Crippen LogP contribution in [0.4, 0.5) is 11.4 Å². The standard InChI is InChI=1S/C18H21N3O5/c1-16(13(22)19-11-4-6-12(7-5-11)21(25)26)8-17(2)10-18(3,9-16)15(24)20-14(17)23/h4-7H,8-10H2,1-3H3,(H,19,22)(H,20,23,24). The second-order valence-corrected chi connectivity index (χ2v) is 8.25. The molecule has 1 heterocycles. The van der Waals surface area contributed by atoms with Gasteiger partial charge in [0.15, 0.2) is 0 Å². The van der Waals surface area contributed by atoms with Crippen LogP contribution in [0.25, 0.3) is 0 Å². The van der Waals surface area contributed by atoms with Crippen LogP contribution in [0.3, 0.4) is 0 Å². The van der Waals surface area contributed by atoms with E-state index in [1.165, 1.54) is 24.3 Å². The zero-order valence-corrected chi connectivity index (χ0v) is 14.9. The van der Waals surface area contributed by atoms with Crippen molar-refractivity contribution in [1.82, 2.24) is 5.32 Å². The molecule has 1 saturated heterocycles. The first-order valence-corrected chi connectivity index (χ1v) is 8.39. The van der Waals surface area contributed by atoms with Gasteiger partial charge in [0, 0.05) is 34.1 Å². The fraction of sp³-hybridized carbons (Fsp3) is 0.500. The molecule has 2 unspecified atom stereocenters. The van der Waals surface area contributed by atoms with Gasteiger partial charge in [-0.2, -0.15) is 0 Å². The van der Waals surface area contributed by atoms with Crippen LogP contribution in [0.5, 0.6) is 0 Å². The number of nitro groups is 1. The third kappa shape index (κ3) is 2.85. The molecule has 26 heavy (non-hydrogen) atoms. The van der Waals surface area contributed by atoms with Crippen LogP contribution in [-0.4, -0.2) is 22.6 Å². The Hall–Kier alpha value is -2.77. The van der Waals surface area contributed by atoms with Gasteiger partial charge in [-0.25, -0.2) is 0 Å². The minimum absolute atomic E-state index is 0.0660. The van der Waals surface area contributed by atoms with E-state index in [1.54, 1.807) is 20.8 Å². The van der Waals surface area contributed by atoms with E-state index < -0.39 is 21.2 Å². The van der Waals surface area contributed by atoms with E-state index in [2.05, 4.69) is 10.6 Å². The maximum atomic E-state index is 12.9. The highest BCUT2D eigenvalue weighted by Crippen LogP contribution is 2.56. The molecule has 2 bridgehead atoms. The number of carbonyl (C=O) groups is 3. The van der Waals surface area contributed by atoms with Crippen molar-refractivity contribution in [2.75, 3.05) is 5.32 Å². The summed E-state index contributed by atoms with van der Waals surface area (Å²) in [6.07, 6.45) is 1.08. The van der Waals surface area contributed by atoms with Gasteiger partial charge in [-0.3, -0.25) is 29.8 Å². The lowest BCUT2D eigenvalue weighted by Gasteiger charge is -2.53. The monoisotopic (exact) mass is 359 g/mol. The summed E-state index contributed by atoms with van der Waals surface area (Å²) in [6, 6.07) is 5.55. The number of hydrogen-bond acceptors (Lipinski definition) is 5. The molecule has 2 N–H and O–H groups in total. The maximum absolute atomic E-state index is 12.9. The minimum atomic E-state index is -0.906. The van der Waals surface area contributed by atoms with Gasteiger partial charge in [0.05, 0.1) is 4.92 Å². The average Bonchev–Trinajstić information content (AvgIpc) is 2.53. The number of carbonyl (C=O) groups excluding carboxylic acids is 3. The van der Waals surface area contributed by atoms with Gasteiger partial charge in [0.25, 0.3) is 5.69 Å². The third-order valence-corrected chi connectivity index (χ3v) is 5.55. The number of nitrogens with one attached hydrogen (secondary N) is 2. The molecule has 3 amide bonds. The number of non-ortho nitro benzene ring substituents is 1. The van der Waals surface area contributed by atoms with Gasteiger partial charge >= 0.3 is 0 Å². The van der Waals surface area contributed by atoms with Crippen LogP contribution in [0.1, 0.15) is 40.0 Å². The fourth-order valence-corrected chi connectivity index (χ4v) is 4.61. The molecular weight excluding hydrogens is 338 g/mol. The molecule has 8 heteroatoms. The number of imide groups is 1. The summed E-state index contributed by atoms with van der Waals surface area (Å²) in [4.78, 5) is 47.8. The smallest absolute Gasteiger partial charge is 0.269 e. The first-order valence-electron chi connectivity index (χ1n) is 8.39. The largest absolute Gasteiger partial charge is 0.326 e.